The van der Waals surface area contributed by atoms with E-state index in [4.69, 9.17) is 4.42 Å². The molecule has 0 bridgehead atoms. The smallest absolute Gasteiger partial charge is 0.329 e. The molecule has 0 spiro atoms. The molecule has 59 heavy (non-hydrogen) atoms. The van der Waals surface area contributed by atoms with Crippen LogP contribution in [0.15, 0.2) is 126 Å². The second-order valence-electron chi connectivity index (χ2n) is 18.8. The van der Waals surface area contributed by atoms with E-state index in [0.29, 0.717) is 23.7 Å². The Morgan fingerprint density at radius 3 is 1.86 bits per heavy atom. The van der Waals surface area contributed by atoms with E-state index in [1.807, 2.05) is 0 Å². The van der Waals surface area contributed by atoms with E-state index in [-0.39, 0.29) is 13.6 Å². The molecular weight excluding hydrogens is 714 g/mol. The van der Waals surface area contributed by atoms with Crippen LogP contribution >= 0.6 is 0 Å². The third-order valence-electron chi connectivity index (χ3n) is 14.2. The van der Waals surface area contributed by atoms with Crippen LogP contribution in [-0.4, -0.2) is 13.6 Å². The molecule has 0 amide bonds. The standard InChI is InChI=1S/C54H48B2N2O/c1-29(2)33-13-17-37(18-14-33)57-47-23-16-35(31(5)6)27-45(47)55-46-28-36(32(7)8)25-42-50-43(22-20-41-39-11-9-10-12-49(39)59-54(41)50)56-44-26-34(30(3)4)15-19-38(44)40-21-24-48(57)51(55)53(40)58(56)52(42)46/h9-32H,1-8H3. The third-order valence-corrected chi connectivity index (χ3v) is 14.2. The second kappa shape index (κ2) is 12.3. The Hall–Kier alpha value is -5.93. The Kier molecular flexibility index (Phi) is 7.31. The van der Waals surface area contributed by atoms with E-state index in [1.165, 1.54) is 111 Å². The Morgan fingerprint density at radius 2 is 1.12 bits per heavy atom. The summed E-state index contributed by atoms with van der Waals surface area (Å²) in [6.45, 7) is 18.6. The molecule has 5 heteroatoms. The number of hydrogen-bond donors (Lipinski definition) is 0. The minimum Gasteiger partial charge on any atom is -0.455 e. The maximum Gasteiger partial charge on any atom is 0.329 e. The first-order valence-corrected chi connectivity index (χ1v) is 21.9. The van der Waals surface area contributed by atoms with E-state index in [0.717, 1.165) is 11.2 Å². The number of hydrogen-bond acceptors (Lipinski definition) is 3. The van der Waals surface area contributed by atoms with Crippen molar-refractivity contribution >= 4 is 91.2 Å². The average Bonchev–Trinajstić information content (AvgIpc) is 3.63. The highest BCUT2D eigenvalue weighted by Crippen LogP contribution is 2.53. The molecule has 1 aromatic heterocycles. The lowest BCUT2D eigenvalue weighted by molar-refractivity contribution is 0.670. The normalized spacial score (nSPS) is 14.2. The van der Waals surface area contributed by atoms with Gasteiger partial charge in [0.25, 0.3) is 6.71 Å². The maximum atomic E-state index is 7.01. The summed E-state index contributed by atoms with van der Waals surface area (Å²) in [5.74, 6) is 1.63. The molecule has 0 atom stereocenters. The highest BCUT2D eigenvalue weighted by molar-refractivity contribution is 7.03. The van der Waals surface area contributed by atoms with Gasteiger partial charge in [-0.2, -0.15) is 0 Å². The number of fused-ring (bicyclic) bond motifs is 13. The zero-order valence-corrected chi connectivity index (χ0v) is 35.3. The molecule has 4 aliphatic rings. The van der Waals surface area contributed by atoms with Crippen LogP contribution in [0.25, 0.3) is 44.2 Å². The molecule has 0 N–H and O–H groups in total. The van der Waals surface area contributed by atoms with Crippen LogP contribution in [0.4, 0.5) is 28.4 Å². The van der Waals surface area contributed by atoms with Crippen LogP contribution in [0.5, 0.6) is 0 Å². The Labute approximate surface area is 348 Å². The Bertz CT molecular complexity index is 3100. The van der Waals surface area contributed by atoms with Crippen molar-refractivity contribution in [1.29, 1.82) is 0 Å². The Balaban J connectivity index is 1.25. The first-order valence-electron chi connectivity index (χ1n) is 21.9. The molecule has 0 fully saturated rings. The van der Waals surface area contributed by atoms with Gasteiger partial charge in [0.05, 0.1) is 0 Å². The quantitative estimate of drug-likeness (QED) is 0.163. The molecular formula is C54H48B2N2O. The number of rotatable bonds is 5. The monoisotopic (exact) mass is 762 g/mol. The number of anilines is 5. The van der Waals surface area contributed by atoms with Gasteiger partial charge in [-0.25, -0.2) is 0 Å². The highest BCUT2D eigenvalue weighted by atomic mass is 16.3. The van der Waals surface area contributed by atoms with Crippen LogP contribution in [0.2, 0.25) is 0 Å². The zero-order valence-electron chi connectivity index (χ0n) is 35.3. The zero-order chi connectivity index (χ0) is 40.2. The molecule has 286 valence electrons. The molecule has 0 radical (unpaired) electrons. The first kappa shape index (κ1) is 35.1. The highest BCUT2D eigenvalue weighted by Gasteiger charge is 2.52. The fourth-order valence-electron chi connectivity index (χ4n) is 11.0. The van der Waals surface area contributed by atoms with Gasteiger partial charge in [0, 0.05) is 55.9 Å². The number of para-hydroxylation sites is 1. The summed E-state index contributed by atoms with van der Waals surface area (Å²) in [6, 6.07) is 47.3. The lowest BCUT2D eigenvalue weighted by atomic mass is 9.30. The average molecular weight is 763 g/mol. The molecule has 5 heterocycles. The molecule has 7 aromatic carbocycles. The summed E-state index contributed by atoms with van der Waals surface area (Å²) in [6.07, 6.45) is 0. The summed E-state index contributed by atoms with van der Waals surface area (Å²) in [5.41, 5.74) is 26.0. The second-order valence-corrected chi connectivity index (χ2v) is 18.8. The number of furan rings is 1. The fraction of sp³-hybridized carbons (Fsp3) is 0.222. The summed E-state index contributed by atoms with van der Waals surface area (Å²) in [7, 11) is 0. The van der Waals surface area contributed by atoms with E-state index in [9.17, 15) is 0 Å². The predicted octanol–water partition coefficient (Wildman–Crippen LogP) is 11.6. The summed E-state index contributed by atoms with van der Waals surface area (Å²) >= 11 is 0. The fourth-order valence-corrected chi connectivity index (χ4v) is 11.0. The molecule has 4 aliphatic heterocycles. The van der Waals surface area contributed by atoms with Crippen LogP contribution in [0.1, 0.15) is 101 Å². The predicted molar refractivity (Wildman–Crippen MR) is 254 cm³/mol. The summed E-state index contributed by atoms with van der Waals surface area (Å²) in [4.78, 5) is 5.34. The molecule has 12 rings (SSSR count). The van der Waals surface area contributed by atoms with Crippen molar-refractivity contribution < 1.29 is 4.42 Å². The third kappa shape index (κ3) is 4.68. The first-order chi connectivity index (χ1) is 28.6. The lowest BCUT2D eigenvalue weighted by Gasteiger charge is -2.51. The van der Waals surface area contributed by atoms with Crippen molar-refractivity contribution in [1.82, 2.24) is 0 Å². The lowest BCUT2D eigenvalue weighted by Crippen LogP contribution is -2.69. The van der Waals surface area contributed by atoms with Gasteiger partial charge in [0.2, 0.25) is 0 Å². The van der Waals surface area contributed by atoms with Gasteiger partial charge >= 0.3 is 6.85 Å². The summed E-state index contributed by atoms with van der Waals surface area (Å²) in [5, 5.41) is 2.36. The van der Waals surface area contributed by atoms with Crippen molar-refractivity contribution in [2.24, 2.45) is 0 Å². The molecule has 8 aromatic rings. The SMILES string of the molecule is CC(C)c1ccc(N2c3ccc(C(C)C)cc3B3c4cc(C(C)C)cc5c4N4B(c6cc(C(C)C)ccc6-c6ccc2c3c64)c2ccc3c(oc4ccccc43)c2-5)cc1. The molecule has 3 nitrogen and oxygen atoms in total. The van der Waals surface area contributed by atoms with Crippen molar-refractivity contribution in [3.05, 3.63) is 144 Å². The number of benzene rings is 7. The topological polar surface area (TPSA) is 19.6 Å². The van der Waals surface area contributed by atoms with Gasteiger partial charge in [0.15, 0.2) is 0 Å². The van der Waals surface area contributed by atoms with Crippen molar-refractivity contribution in [3.63, 3.8) is 0 Å². The van der Waals surface area contributed by atoms with Gasteiger partial charge in [-0.3, -0.25) is 0 Å². The van der Waals surface area contributed by atoms with Crippen LogP contribution in [-0.2, 0) is 0 Å². The summed E-state index contributed by atoms with van der Waals surface area (Å²) < 4.78 is 7.01. The van der Waals surface area contributed by atoms with E-state index in [1.54, 1.807) is 0 Å². The van der Waals surface area contributed by atoms with E-state index >= 15 is 0 Å². The van der Waals surface area contributed by atoms with Crippen molar-refractivity contribution in [3.8, 4) is 22.3 Å². The molecule has 0 saturated carbocycles. The van der Waals surface area contributed by atoms with Crippen LogP contribution in [0.3, 0.4) is 0 Å². The van der Waals surface area contributed by atoms with Gasteiger partial charge in [-0.05, 0) is 115 Å². The van der Waals surface area contributed by atoms with Crippen LogP contribution < -0.4 is 37.0 Å². The van der Waals surface area contributed by atoms with Gasteiger partial charge in [-0.1, -0.05) is 140 Å². The van der Waals surface area contributed by atoms with Gasteiger partial charge < -0.3 is 14.1 Å². The van der Waals surface area contributed by atoms with Gasteiger partial charge in [-0.15, -0.1) is 0 Å². The van der Waals surface area contributed by atoms with Gasteiger partial charge in [0.1, 0.15) is 11.2 Å². The Morgan fingerprint density at radius 1 is 0.475 bits per heavy atom. The van der Waals surface area contributed by atoms with Crippen LogP contribution in [0, 0.1) is 0 Å². The number of nitrogens with zero attached hydrogens (tertiary/aromatic N) is 2. The largest absolute Gasteiger partial charge is 0.455 e. The minimum atomic E-state index is -0.0189. The van der Waals surface area contributed by atoms with Crippen molar-refractivity contribution in [2.45, 2.75) is 79.1 Å². The minimum absolute atomic E-state index is 0.0189. The molecule has 0 saturated heterocycles. The maximum absolute atomic E-state index is 7.01. The van der Waals surface area contributed by atoms with E-state index < -0.39 is 0 Å². The molecule has 0 aliphatic carbocycles. The van der Waals surface area contributed by atoms with Crippen molar-refractivity contribution in [2.75, 3.05) is 9.71 Å². The molecule has 0 unspecified atom stereocenters. The van der Waals surface area contributed by atoms with E-state index in [2.05, 4.69) is 186 Å².